The number of nitrogens with two attached hydrogens (primary N) is 1. The van der Waals surface area contributed by atoms with Crippen molar-refractivity contribution in [3.8, 4) is 0 Å². The number of amides is 1. The van der Waals surface area contributed by atoms with Gasteiger partial charge >= 0.3 is 0 Å². The molecule has 0 heterocycles. The van der Waals surface area contributed by atoms with Crippen LogP contribution in [-0.2, 0) is 21.2 Å². The lowest BCUT2D eigenvalue weighted by atomic mass is 10.1. The van der Waals surface area contributed by atoms with Crippen LogP contribution >= 0.6 is 0 Å². The second kappa shape index (κ2) is 7.67. The van der Waals surface area contributed by atoms with Crippen LogP contribution in [0.3, 0.4) is 0 Å². The van der Waals surface area contributed by atoms with Gasteiger partial charge in [-0.25, -0.2) is 12.7 Å². The number of benzene rings is 2. The molecule has 0 atom stereocenters. The first kappa shape index (κ1) is 19.0. The van der Waals surface area contributed by atoms with E-state index in [0.717, 1.165) is 9.87 Å². The average Bonchev–Trinajstić information content (AvgIpc) is 2.55. The second-order valence-corrected chi connectivity index (χ2v) is 8.13. The van der Waals surface area contributed by atoms with Crippen molar-refractivity contribution in [3.63, 3.8) is 0 Å². The van der Waals surface area contributed by atoms with Crippen LogP contribution < -0.4 is 11.1 Å². The molecule has 2 aromatic rings. The van der Waals surface area contributed by atoms with Gasteiger partial charge in [-0.05, 0) is 42.7 Å². The highest BCUT2D eigenvalue weighted by molar-refractivity contribution is 7.89. The molecule has 0 aliphatic rings. The van der Waals surface area contributed by atoms with Crippen molar-refractivity contribution in [1.82, 2.24) is 4.31 Å². The minimum atomic E-state index is -3.56. The number of para-hydroxylation sites is 1. The first-order valence-corrected chi connectivity index (χ1v) is 9.32. The number of carbonyl (C=O) groups is 1. The highest BCUT2D eigenvalue weighted by Gasteiger charge is 2.20. The Morgan fingerprint density at radius 1 is 1.16 bits per heavy atom. The smallest absolute Gasteiger partial charge is 0.242 e. The molecule has 1 amide bonds. The number of nitrogens with one attached hydrogen (secondary N) is 1. The minimum absolute atomic E-state index is 0.183. The fourth-order valence-corrected chi connectivity index (χ4v) is 3.53. The molecule has 0 saturated carbocycles. The molecule has 6 nitrogen and oxygen atoms in total. The number of anilines is 2. The summed E-state index contributed by atoms with van der Waals surface area (Å²) < 4.78 is 25.8. The summed E-state index contributed by atoms with van der Waals surface area (Å²) in [5.74, 6) is -0.194. The molecule has 134 valence electrons. The number of sulfonamides is 1. The van der Waals surface area contributed by atoms with Crippen LogP contribution in [0.1, 0.15) is 17.5 Å². The molecule has 0 fully saturated rings. The number of nitrogen functional groups attached to an aromatic ring is 1. The molecule has 2 rings (SSSR count). The van der Waals surface area contributed by atoms with Crippen molar-refractivity contribution in [2.45, 2.75) is 24.7 Å². The highest BCUT2D eigenvalue weighted by atomic mass is 32.2. The zero-order chi connectivity index (χ0) is 18.6. The Morgan fingerprint density at radius 3 is 2.48 bits per heavy atom. The van der Waals surface area contributed by atoms with Crippen LogP contribution in [-0.4, -0.2) is 32.7 Å². The summed E-state index contributed by atoms with van der Waals surface area (Å²) >= 11 is 0. The van der Waals surface area contributed by atoms with Gasteiger partial charge in [0.15, 0.2) is 0 Å². The standard InChI is InChI=1S/C18H23N3O3S/c1-13-8-10-15(12-17(13)25(23,24)21(2)3)20-18(22)11-9-14-6-4-5-7-16(14)19/h4-8,10,12H,9,11,19H2,1-3H3,(H,20,22). The molecule has 25 heavy (non-hydrogen) atoms. The number of hydrogen-bond acceptors (Lipinski definition) is 4. The van der Waals surface area contributed by atoms with Gasteiger partial charge in [-0.1, -0.05) is 24.3 Å². The summed E-state index contributed by atoms with van der Waals surface area (Å²) in [6, 6.07) is 12.3. The second-order valence-electron chi connectivity index (χ2n) is 6.01. The van der Waals surface area contributed by atoms with Crippen LogP contribution in [0, 0.1) is 6.92 Å². The maximum absolute atomic E-state index is 12.3. The molecule has 0 unspecified atom stereocenters. The third kappa shape index (κ3) is 4.58. The van der Waals surface area contributed by atoms with Gasteiger partial charge in [-0.3, -0.25) is 4.79 Å². The number of rotatable bonds is 6. The van der Waals surface area contributed by atoms with Crippen LogP contribution in [0.5, 0.6) is 0 Å². The maximum atomic E-state index is 12.3. The van der Waals surface area contributed by atoms with Gasteiger partial charge in [-0.2, -0.15) is 0 Å². The average molecular weight is 361 g/mol. The summed E-state index contributed by atoms with van der Waals surface area (Å²) in [5.41, 5.74) is 8.52. The molecule has 0 aliphatic carbocycles. The first-order valence-electron chi connectivity index (χ1n) is 7.88. The van der Waals surface area contributed by atoms with Crippen molar-refractivity contribution >= 4 is 27.3 Å². The van der Waals surface area contributed by atoms with Crippen molar-refractivity contribution < 1.29 is 13.2 Å². The molecule has 0 aliphatic heterocycles. The largest absolute Gasteiger partial charge is 0.399 e. The van der Waals surface area contributed by atoms with Gasteiger partial charge in [0.1, 0.15) is 0 Å². The quantitative estimate of drug-likeness (QED) is 0.773. The maximum Gasteiger partial charge on any atom is 0.242 e. The summed E-state index contributed by atoms with van der Waals surface area (Å²) in [4.78, 5) is 12.3. The van der Waals surface area contributed by atoms with E-state index in [0.29, 0.717) is 23.4 Å². The van der Waals surface area contributed by atoms with E-state index >= 15 is 0 Å². The SMILES string of the molecule is Cc1ccc(NC(=O)CCc2ccccc2N)cc1S(=O)(=O)N(C)C. The van der Waals surface area contributed by atoms with Crippen LogP contribution in [0.2, 0.25) is 0 Å². The molecular weight excluding hydrogens is 338 g/mol. The normalized spacial score (nSPS) is 11.5. The third-order valence-electron chi connectivity index (χ3n) is 3.91. The van der Waals surface area contributed by atoms with Gasteiger partial charge < -0.3 is 11.1 Å². The number of hydrogen-bond donors (Lipinski definition) is 2. The van der Waals surface area contributed by atoms with Gasteiger partial charge in [-0.15, -0.1) is 0 Å². The Hall–Kier alpha value is -2.38. The Bertz CT molecular complexity index is 877. The lowest BCUT2D eigenvalue weighted by molar-refractivity contribution is -0.116. The van der Waals surface area contributed by atoms with E-state index in [9.17, 15) is 13.2 Å². The minimum Gasteiger partial charge on any atom is -0.399 e. The van der Waals surface area contributed by atoms with Crippen molar-refractivity contribution in [2.24, 2.45) is 0 Å². The van der Waals surface area contributed by atoms with Gasteiger partial charge in [0.25, 0.3) is 0 Å². The van der Waals surface area contributed by atoms with Gasteiger partial charge in [0, 0.05) is 31.9 Å². The third-order valence-corrected chi connectivity index (χ3v) is 5.86. The Morgan fingerprint density at radius 2 is 1.84 bits per heavy atom. The van der Waals surface area contributed by atoms with E-state index in [1.807, 2.05) is 18.2 Å². The molecule has 0 bridgehead atoms. The predicted molar refractivity (Wildman–Crippen MR) is 99.9 cm³/mol. The van der Waals surface area contributed by atoms with E-state index in [-0.39, 0.29) is 17.2 Å². The fraction of sp³-hybridized carbons (Fsp3) is 0.278. The van der Waals surface area contributed by atoms with E-state index in [1.54, 1.807) is 25.1 Å². The van der Waals surface area contributed by atoms with Gasteiger partial charge in [0.05, 0.1) is 4.90 Å². The lowest BCUT2D eigenvalue weighted by Crippen LogP contribution is -2.23. The van der Waals surface area contributed by atoms with Crippen LogP contribution in [0.4, 0.5) is 11.4 Å². The Kier molecular flexibility index (Phi) is 5.81. The summed E-state index contributed by atoms with van der Waals surface area (Å²) in [7, 11) is -0.608. The predicted octanol–water partition coefficient (Wildman–Crippen LogP) is 2.40. The molecule has 2 aromatic carbocycles. The molecule has 7 heteroatoms. The van der Waals surface area contributed by atoms with Crippen LogP contribution in [0.25, 0.3) is 0 Å². The fourth-order valence-electron chi connectivity index (χ4n) is 2.39. The first-order chi connectivity index (χ1) is 11.7. The van der Waals surface area contributed by atoms with Gasteiger partial charge in [0.2, 0.25) is 15.9 Å². The number of aryl methyl sites for hydroxylation is 2. The number of nitrogens with zero attached hydrogens (tertiary/aromatic N) is 1. The lowest BCUT2D eigenvalue weighted by Gasteiger charge is -2.15. The Balaban J connectivity index is 2.10. The Labute approximate surface area is 148 Å². The number of carbonyl (C=O) groups excluding carboxylic acids is 1. The van der Waals surface area contributed by atoms with Crippen molar-refractivity contribution in [3.05, 3.63) is 53.6 Å². The molecule has 0 spiro atoms. The van der Waals surface area contributed by atoms with Crippen LogP contribution in [0.15, 0.2) is 47.4 Å². The zero-order valence-electron chi connectivity index (χ0n) is 14.6. The topological polar surface area (TPSA) is 92.5 Å². The monoisotopic (exact) mass is 361 g/mol. The van der Waals surface area contributed by atoms with E-state index in [2.05, 4.69) is 5.32 Å². The van der Waals surface area contributed by atoms with E-state index in [1.165, 1.54) is 20.2 Å². The van der Waals surface area contributed by atoms with Crippen molar-refractivity contribution in [1.29, 1.82) is 0 Å². The van der Waals surface area contributed by atoms with E-state index in [4.69, 9.17) is 5.73 Å². The van der Waals surface area contributed by atoms with E-state index < -0.39 is 10.0 Å². The summed E-state index contributed by atoms with van der Waals surface area (Å²) in [6.07, 6.45) is 0.783. The zero-order valence-corrected chi connectivity index (χ0v) is 15.4. The molecule has 0 saturated heterocycles. The summed E-state index contributed by atoms with van der Waals surface area (Å²) in [6.45, 7) is 1.72. The highest BCUT2D eigenvalue weighted by Crippen LogP contribution is 2.22. The summed E-state index contributed by atoms with van der Waals surface area (Å²) in [5, 5.41) is 2.75. The molecule has 0 radical (unpaired) electrons. The molecule has 0 aromatic heterocycles. The molecular formula is C18H23N3O3S. The molecule has 3 N–H and O–H groups in total. The van der Waals surface area contributed by atoms with Crippen molar-refractivity contribution in [2.75, 3.05) is 25.1 Å².